The highest BCUT2D eigenvalue weighted by molar-refractivity contribution is 6.02. The minimum atomic E-state index is -0.318. The third-order valence-electron chi connectivity index (χ3n) is 3.27. The summed E-state index contributed by atoms with van der Waals surface area (Å²) in [6.07, 6.45) is 0.875. The summed E-state index contributed by atoms with van der Waals surface area (Å²) in [5, 5.41) is 0. The number of Topliss-reactive ketones (excluding diaryl/α,β-unsaturated/α-hetero) is 1. The van der Waals surface area contributed by atoms with Crippen molar-refractivity contribution in [2.45, 2.75) is 26.7 Å². The van der Waals surface area contributed by atoms with E-state index in [0.717, 1.165) is 22.3 Å². The van der Waals surface area contributed by atoms with Crippen molar-refractivity contribution in [3.63, 3.8) is 0 Å². The monoisotopic (exact) mass is 232 g/mol. The molecule has 90 valence electrons. The van der Waals surface area contributed by atoms with Crippen LogP contribution in [-0.2, 0) is 16.0 Å². The highest BCUT2D eigenvalue weighted by Crippen LogP contribution is 2.29. The molecule has 1 aliphatic rings. The fraction of sp³-hybridized carbons (Fsp3) is 0.429. The summed E-state index contributed by atoms with van der Waals surface area (Å²) < 4.78 is 4.72. The normalized spacial score (nSPS) is 18.8. The van der Waals surface area contributed by atoms with Crippen molar-refractivity contribution in [2.75, 3.05) is 7.11 Å². The van der Waals surface area contributed by atoms with E-state index in [1.54, 1.807) is 0 Å². The molecule has 0 aromatic heterocycles. The Hall–Kier alpha value is -1.64. The predicted octanol–water partition coefficient (Wildman–Crippen LogP) is 2.22. The molecule has 0 aliphatic heterocycles. The first-order valence-electron chi connectivity index (χ1n) is 5.74. The number of carbonyl (C=O) groups is 2. The molecule has 0 fully saturated rings. The quantitative estimate of drug-likeness (QED) is 0.697. The molecule has 1 aliphatic carbocycles. The van der Waals surface area contributed by atoms with Gasteiger partial charge in [-0.1, -0.05) is 17.7 Å². The lowest BCUT2D eigenvalue weighted by atomic mass is 9.80. The average molecular weight is 232 g/mol. The third kappa shape index (κ3) is 2.09. The molecule has 17 heavy (non-hydrogen) atoms. The SMILES string of the molecule is COC(=O)C1CC(=O)c2c(C)cc(C)cc2C1. The first kappa shape index (κ1) is 11.8. The van der Waals surface area contributed by atoms with Gasteiger partial charge in [-0.3, -0.25) is 9.59 Å². The number of methoxy groups -OCH3 is 1. The van der Waals surface area contributed by atoms with E-state index in [9.17, 15) is 9.59 Å². The number of hydrogen-bond acceptors (Lipinski definition) is 3. The molecule has 0 N–H and O–H groups in total. The van der Waals surface area contributed by atoms with Crippen LogP contribution in [-0.4, -0.2) is 18.9 Å². The minimum absolute atomic E-state index is 0.0548. The van der Waals surface area contributed by atoms with E-state index >= 15 is 0 Å². The second-order valence-electron chi connectivity index (χ2n) is 4.67. The van der Waals surface area contributed by atoms with E-state index in [-0.39, 0.29) is 24.1 Å². The van der Waals surface area contributed by atoms with E-state index in [1.807, 2.05) is 26.0 Å². The molecular weight excluding hydrogens is 216 g/mol. The summed E-state index contributed by atoms with van der Waals surface area (Å²) in [5.74, 6) is -0.552. The van der Waals surface area contributed by atoms with Gasteiger partial charge in [0, 0.05) is 12.0 Å². The molecule has 2 rings (SSSR count). The van der Waals surface area contributed by atoms with Gasteiger partial charge in [0.15, 0.2) is 5.78 Å². The molecule has 0 bridgehead atoms. The molecule has 1 aromatic carbocycles. The maximum absolute atomic E-state index is 12.0. The second kappa shape index (κ2) is 4.32. The van der Waals surface area contributed by atoms with Crippen molar-refractivity contribution >= 4 is 11.8 Å². The Balaban J connectivity index is 2.43. The van der Waals surface area contributed by atoms with Gasteiger partial charge in [-0.25, -0.2) is 0 Å². The van der Waals surface area contributed by atoms with Crippen LogP contribution in [0.4, 0.5) is 0 Å². The standard InChI is InChI=1S/C14H16O3/c1-8-4-9(2)13-10(5-8)6-11(7-12(13)15)14(16)17-3/h4-5,11H,6-7H2,1-3H3. The van der Waals surface area contributed by atoms with Crippen LogP contribution < -0.4 is 0 Å². The number of aryl methyl sites for hydroxylation is 2. The van der Waals surface area contributed by atoms with E-state index in [1.165, 1.54) is 7.11 Å². The summed E-state index contributed by atoms with van der Waals surface area (Å²) in [6.45, 7) is 3.95. The fourth-order valence-corrected chi connectivity index (χ4v) is 2.61. The van der Waals surface area contributed by atoms with Gasteiger partial charge in [0.1, 0.15) is 0 Å². The van der Waals surface area contributed by atoms with Gasteiger partial charge in [0.2, 0.25) is 0 Å². The van der Waals surface area contributed by atoms with Gasteiger partial charge in [-0.15, -0.1) is 0 Å². The highest BCUT2D eigenvalue weighted by Gasteiger charge is 2.31. The van der Waals surface area contributed by atoms with Gasteiger partial charge in [0.05, 0.1) is 13.0 Å². The fourth-order valence-electron chi connectivity index (χ4n) is 2.61. The van der Waals surface area contributed by atoms with Gasteiger partial charge in [-0.05, 0) is 31.4 Å². The van der Waals surface area contributed by atoms with E-state index in [4.69, 9.17) is 4.74 Å². The molecule has 0 spiro atoms. The van der Waals surface area contributed by atoms with Gasteiger partial charge >= 0.3 is 5.97 Å². The summed E-state index contributed by atoms with van der Waals surface area (Å²) in [5.41, 5.74) is 3.91. The van der Waals surface area contributed by atoms with Crippen LogP contribution in [0.2, 0.25) is 0 Å². The zero-order valence-electron chi connectivity index (χ0n) is 10.4. The average Bonchev–Trinajstić information content (AvgIpc) is 2.26. The number of ketones is 1. The molecule has 0 heterocycles. The van der Waals surface area contributed by atoms with Crippen molar-refractivity contribution in [3.05, 3.63) is 34.4 Å². The van der Waals surface area contributed by atoms with E-state index in [2.05, 4.69) is 0 Å². The van der Waals surface area contributed by atoms with Crippen LogP contribution in [0, 0.1) is 19.8 Å². The predicted molar refractivity (Wildman–Crippen MR) is 64.1 cm³/mol. The zero-order valence-corrected chi connectivity index (χ0v) is 10.4. The minimum Gasteiger partial charge on any atom is -0.469 e. The Labute approximate surface area is 101 Å². The molecule has 3 nitrogen and oxygen atoms in total. The van der Waals surface area contributed by atoms with Crippen molar-refractivity contribution in [1.29, 1.82) is 0 Å². The van der Waals surface area contributed by atoms with Gasteiger partial charge in [0.25, 0.3) is 0 Å². The Bertz CT molecular complexity index is 488. The second-order valence-corrected chi connectivity index (χ2v) is 4.67. The van der Waals surface area contributed by atoms with Gasteiger partial charge in [-0.2, -0.15) is 0 Å². The molecule has 1 aromatic rings. The topological polar surface area (TPSA) is 43.4 Å². The maximum atomic E-state index is 12.0. The summed E-state index contributed by atoms with van der Waals surface area (Å²) in [6, 6.07) is 4.00. The molecule has 0 amide bonds. The number of fused-ring (bicyclic) bond motifs is 1. The first-order chi connectivity index (χ1) is 8.02. The lowest BCUT2D eigenvalue weighted by Crippen LogP contribution is -2.28. The maximum Gasteiger partial charge on any atom is 0.309 e. The summed E-state index contributed by atoms with van der Waals surface area (Å²) >= 11 is 0. The van der Waals surface area contributed by atoms with Crippen LogP contribution in [0.15, 0.2) is 12.1 Å². The largest absolute Gasteiger partial charge is 0.469 e. The van der Waals surface area contributed by atoms with Crippen molar-refractivity contribution in [3.8, 4) is 0 Å². The number of rotatable bonds is 1. The molecule has 0 saturated heterocycles. The number of ether oxygens (including phenoxy) is 1. The van der Waals surface area contributed by atoms with Crippen LogP contribution in [0.3, 0.4) is 0 Å². The Morgan fingerprint density at radius 1 is 1.29 bits per heavy atom. The molecular formula is C14H16O3. The highest BCUT2D eigenvalue weighted by atomic mass is 16.5. The van der Waals surface area contributed by atoms with Crippen LogP contribution >= 0.6 is 0 Å². The lowest BCUT2D eigenvalue weighted by molar-refractivity contribution is -0.145. The number of hydrogen-bond donors (Lipinski definition) is 0. The smallest absolute Gasteiger partial charge is 0.309 e. The Kier molecular flexibility index (Phi) is 3.01. The number of esters is 1. The zero-order chi connectivity index (χ0) is 12.6. The van der Waals surface area contributed by atoms with Crippen molar-refractivity contribution in [1.82, 2.24) is 0 Å². The van der Waals surface area contributed by atoms with Crippen LogP contribution in [0.5, 0.6) is 0 Å². The summed E-state index contributed by atoms with van der Waals surface area (Å²) in [4.78, 5) is 23.6. The van der Waals surface area contributed by atoms with E-state index < -0.39 is 0 Å². The third-order valence-corrected chi connectivity index (χ3v) is 3.27. The lowest BCUT2D eigenvalue weighted by Gasteiger charge is -2.23. The summed E-state index contributed by atoms with van der Waals surface area (Å²) in [7, 11) is 1.36. The van der Waals surface area contributed by atoms with Gasteiger partial charge < -0.3 is 4.74 Å². The number of benzene rings is 1. The molecule has 3 heteroatoms. The molecule has 0 radical (unpaired) electrons. The Morgan fingerprint density at radius 3 is 2.65 bits per heavy atom. The van der Waals surface area contributed by atoms with Crippen molar-refractivity contribution < 1.29 is 14.3 Å². The number of carbonyl (C=O) groups excluding carboxylic acids is 2. The molecule has 1 atom stereocenters. The molecule has 1 unspecified atom stereocenters. The van der Waals surface area contributed by atoms with E-state index in [0.29, 0.717) is 6.42 Å². The van der Waals surface area contributed by atoms with Crippen LogP contribution in [0.25, 0.3) is 0 Å². The molecule has 0 saturated carbocycles. The van der Waals surface area contributed by atoms with Crippen molar-refractivity contribution in [2.24, 2.45) is 5.92 Å². The first-order valence-corrected chi connectivity index (χ1v) is 5.74. The van der Waals surface area contributed by atoms with Crippen LogP contribution in [0.1, 0.15) is 33.5 Å². The Morgan fingerprint density at radius 2 is 2.00 bits per heavy atom.